The number of hydrogen-bond acceptors (Lipinski definition) is 3. The van der Waals surface area contributed by atoms with E-state index in [1.165, 1.54) is 12.1 Å². The molecule has 4 heteroatoms. The molecule has 0 atom stereocenters. The Balaban J connectivity index is 3.25. The molecule has 0 fully saturated rings. The lowest BCUT2D eigenvalue weighted by Crippen LogP contribution is -2.10. The first-order chi connectivity index (χ1) is 6.16. The van der Waals surface area contributed by atoms with Crippen LogP contribution in [-0.4, -0.2) is 20.2 Å². The van der Waals surface area contributed by atoms with Crippen LogP contribution in [0.5, 0.6) is 0 Å². The van der Waals surface area contributed by atoms with Crippen molar-refractivity contribution in [1.82, 2.24) is 0 Å². The van der Waals surface area contributed by atoms with E-state index in [1.807, 2.05) is 0 Å². The van der Waals surface area contributed by atoms with Crippen LogP contribution >= 0.6 is 0 Å². The fraction of sp³-hybridized carbons (Fsp3) is 0.222. The highest BCUT2D eigenvalue weighted by Crippen LogP contribution is 2.25. The molecule has 13 heavy (non-hydrogen) atoms. The Bertz CT molecular complexity index is 357. The molecule has 0 radical (unpaired) electrons. The summed E-state index contributed by atoms with van der Waals surface area (Å²) in [6.45, 7) is 0. The molecule has 0 aliphatic rings. The zero-order valence-electron chi connectivity index (χ0n) is 7.41. The van der Waals surface area contributed by atoms with Crippen LogP contribution in [0.4, 0.5) is 15.8 Å². The predicted octanol–water partition coefficient (Wildman–Crippen LogP) is 1.86. The molecular weight excluding hydrogens is 171 g/mol. The second-order valence-electron chi connectivity index (χ2n) is 2.71. The molecule has 0 aliphatic carbocycles. The zero-order chi connectivity index (χ0) is 9.84. The summed E-state index contributed by atoms with van der Waals surface area (Å²) < 4.78 is 13.4. The number of rotatable bonds is 2. The number of benzene rings is 1. The number of hydrogen-bond donors (Lipinski definition) is 0. The zero-order valence-corrected chi connectivity index (χ0v) is 7.41. The second kappa shape index (κ2) is 3.83. The van der Waals surface area contributed by atoms with Crippen LogP contribution in [0.1, 0.15) is 0 Å². The van der Waals surface area contributed by atoms with Crippen molar-refractivity contribution in [3.8, 4) is 0 Å². The van der Waals surface area contributed by atoms with Gasteiger partial charge in [0.2, 0.25) is 6.08 Å². The molecule has 0 spiro atoms. The molecule has 1 aromatic rings. The van der Waals surface area contributed by atoms with Gasteiger partial charge in [0.15, 0.2) is 5.82 Å². The molecule has 0 saturated heterocycles. The molecule has 0 N–H and O–H groups in total. The normalized spacial score (nSPS) is 9.15. The van der Waals surface area contributed by atoms with Gasteiger partial charge in [0, 0.05) is 14.1 Å². The summed E-state index contributed by atoms with van der Waals surface area (Å²) in [4.78, 5) is 14.8. The van der Waals surface area contributed by atoms with Gasteiger partial charge in [-0.25, -0.2) is 9.18 Å². The summed E-state index contributed by atoms with van der Waals surface area (Å²) >= 11 is 0. The van der Waals surface area contributed by atoms with E-state index in [4.69, 9.17) is 0 Å². The summed E-state index contributed by atoms with van der Waals surface area (Å²) in [5.74, 6) is -0.504. The minimum absolute atomic E-state index is 0.0150. The summed E-state index contributed by atoms with van der Waals surface area (Å²) in [5, 5.41) is 0. The molecule has 1 rings (SSSR count). The fourth-order valence-electron chi connectivity index (χ4n) is 0.989. The van der Waals surface area contributed by atoms with Crippen LogP contribution in [0.2, 0.25) is 0 Å². The summed E-state index contributed by atoms with van der Waals surface area (Å²) in [6, 6.07) is 4.67. The van der Waals surface area contributed by atoms with Crippen LogP contribution in [-0.2, 0) is 4.79 Å². The largest absolute Gasteiger partial charge is 0.375 e. The van der Waals surface area contributed by atoms with Crippen molar-refractivity contribution < 1.29 is 9.18 Å². The van der Waals surface area contributed by atoms with Crippen LogP contribution < -0.4 is 4.90 Å². The smallest absolute Gasteiger partial charge is 0.240 e. The molecule has 1 aromatic carbocycles. The number of aliphatic imine (C=N–C) groups is 1. The van der Waals surface area contributed by atoms with Crippen molar-refractivity contribution in [3.63, 3.8) is 0 Å². The Labute approximate surface area is 75.5 Å². The highest BCUT2D eigenvalue weighted by Gasteiger charge is 2.07. The van der Waals surface area contributed by atoms with Crippen molar-refractivity contribution in [3.05, 3.63) is 24.0 Å². The summed E-state index contributed by atoms with van der Waals surface area (Å²) in [6.07, 6.45) is 1.31. The third kappa shape index (κ3) is 1.92. The Hall–Kier alpha value is -1.67. The van der Waals surface area contributed by atoms with Gasteiger partial charge in [0.25, 0.3) is 0 Å². The Kier molecular flexibility index (Phi) is 2.77. The van der Waals surface area contributed by atoms with E-state index >= 15 is 0 Å². The first-order valence-corrected chi connectivity index (χ1v) is 3.70. The van der Waals surface area contributed by atoms with Crippen molar-refractivity contribution in [2.24, 2.45) is 4.99 Å². The first kappa shape index (κ1) is 9.42. The van der Waals surface area contributed by atoms with Gasteiger partial charge in [-0.05, 0) is 12.1 Å². The van der Waals surface area contributed by atoms with Crippen LogP contribution in [0.25, 0.3) is 0 Å². The van der Waals surface area contributed by atoms with Crippen molar-refractivity contribution >= 4 is 17.5 Å². The molecule has 0 bridgehead atoms. The maximum atomic E-state index is 13.4. The van der Waals surface area contributed by atoms with E-state index in [0.717, 1.165) is 0 Å². The number of isocyanates is 1. The quantitative estimate of drug-likeness (QED) is 0.514. The second-order valence-corrected chi connectivity index (χ2v) is 2.71. The monoisotopic (exact) mass is 180 g/mol. The predicted molar refractivity (Wildman–Crippen MR) is 48.5 cm³/mol. The maximum absolute atomic E-state index is 13.4. The molecule has 68 valence electrons. The van der Waals surface area contributed by atoms with Crippen LogP contribution in [0, 0.1) is 5.82 Å². The van der Waals surface area contributed by atoms with Gasteiger partial charge < -0.3 is 4.90 Å². The highest BCUT2D eigenvalue weighted by molar-refractivity contribution is 5.59. The molecule has 0 saturated carbocycles. The number of carbonyl (C=O) groups excluding carboxylic acids is 1. The molecule has 0 amide bonds. The van der Waals surface area contributed by atoms with E-state index in [9.17, 15) is 9.18 Å². The number of halogens is 1. The highest BCUT2D eigenvalue weighted by atomic mass is 19.1. The van der Waals surface area contributed by atoms with E-state index < -0.39 is 5.82 Å². The Morgan fingerprint density at radius 2 is 2.15 bits per heavy atom. The molecular formula is C9H9FN2O. The minimum atomic E-state index is -0.504. The SMILES string of the molecule is CN(C)c1cccc(N=C=O)c1F. The lowest BCUT2D eigenvalue weighted by molar-refractivity contribution is 0.564. The van der Waals surface area contributed by atoms with Gasteiger partial charge in [-0.2, -0.15) is 4.99 Å². The van der Waals surface area contributed by atoms with Crippen LogP contribution in [0.3, 0.4) is 0 Å². The third-order valence-electron chi connectivity index (χ3n) is 1.61. The van der Waals surface area contributed by atoms with Gasteiger partial charge >= 0.3 is 0 Å². The summed E-state index contributed by atoms with van der Waals surface area (Å²) in [5.41, 5.74) is 0.415. The minimum Gasteiger partial charge on any atom is -0.375 e. The van der Waals surface area contributed by atoms with Gasteiger partial charge in [-0.1, -0.05) is 6.07 Å². The van der Waals surface area contributed by atoms with Gasteiger partial charge in [-0.3, -0.25) is 0 Å². The molecule has 3 nitrogen and oxygen atoms in total. The summed E-state index contributed by atoms with van der Waals surface area (Å²) in [7, 11) is 3.43. The molecule has 0 aromatic heterocycles. The average molecular weight is 180 g/mol. The van der Waals surface area contributed by atoms with E-state index in [-0.39, 0.29) is 5.69 Å². The van der Waals surface area contributed by atoms with Gasteiger partial charge in [0.05, 0.1) is 5.69 Å². The average Bonchev–Trinajstić information content (AvgIpc) is 2.08. The lowest BCUT2D eigenvalue weighted by Gasteiger charge is -2.13. The van der Waals surface area contributed by atoms with E-state index in [2.05, 4.69) is 4.99 Å². The number of nitrogens with zero attached hydrogens (tertiary/aromatic N) is 2. The van der Waals surface area contributed by atoms with Crippen molar-refractivity contribution in [2.75, 3.05) is 19.0 Å². The van der Waals surface area contributed by atoms with E-state index in [0.29, 0.717) is 5.69 Å². The topological polar surface area (TPSA) is 32.7 Å². The van der Waals surface area contributed by atoms with Gasteiger partial charge in [-0.15, -0.1) is 0 Å². The molecule has 0 aliphatic heterocycles. The van der Waals surface area contributed by atoms with Crippen molar-refractivity contribution in [1.29, 1.82) is 0 Å². The maximum Gasteiger partial charge on any atom is 0.240 e. The standard InChI is InChI=1S/C9H9FN2O/c1-12(2)8-5-3-4-7(9(8)10)11-6-13/h3-5H,1-2H3. The van der Waals surface area contributed by atoms with Crippen molar-refractivity contribution in [2.45, 2.75) is 0 Å². The Morgan fingerprint density at radius 1 is 1.46 bits per heavy atom. The first-order valence-electron chi connectivity index (χ1n) is 3.70. The van der Waals surface area contributed by atoms with E-state index in [1.54, 1.807) is 31.1 Å². The lowest BCUT2D eigenvalue weighted by atomic mass is 10.2. The number of anilines is 1. The third-order valence-corrected chi connectivity index (χ3v) is 1.61. The fourth-order valence-corrected chi connectivity index (χ4v) is 0.989. The van der Waals surface area contributed by atoms with Crippen LogP contribution in [0.15, 0.2) is 23.2 Å². The van der Waals surface area contributed by atoms with Gasteiger partial charge in [0.1, 0.15) is 5.69 Å². The Morgan fingerprint density at radius 3 is 2.69 bits per heavy atom. The molecule has 0 unspecified atom stereocenters. The molecule has 0 heterocycles.